The maximum Gasteiger partial charge on any atom is 0.264 e. The van der Waals surface area contributed by atoms with Gasteiger partial charge < -0.3 is 9.64 Å². The molecule has 0 spiro atoms. The molecule has 1 aromatic heterocycles. The SMILES string of the molecule is CN1C(=O)COc2c1ccc(-c1ccc(CC(=O)c3c(F)cccc3F)nc1)c2C1CC1. The highest BCUT2D eigenvalue weighted by Gasteiger charge is 2.34. The van der Waals surface area contributed by atoms with Crippen LogP contribution in [0, 0.1) is 11.6 Å². The summed E-state index contributed by atoms with van der Waals surface area (Å²) in [6, 6.07) is 10.7. The van der Waals surface area contributed by atoms with Gasteiger partial charge in [0.05, 0.1) is 17.7 Å². The highest BCUT2D eigenvalue weighted by Crippen LogP contribution is 2.52. The van der Waals surface area contributed by atoms with E-state index in [1.54, 1.807) is 24.2 Å². The molecule has 0 radical (unpaired) electrons. The Bertz CT molecular complexity index is 1220. The van der Waals surface area contributed by atoms with Gasteiger partial charge in [-0.3, -0.25) is 14.6 Å². The molecule has 2 heterocycles. The van der Waals surface area contributed by atoms with Gasteiger partial charge in [-0.05, 0) is 48.6 Å². The van der Waals surface area contributed by atoms with Gasteiger partial charge >= 0.3 is 0 Å². The molecule has 1 saturated carbocycles. The van der Waals surface area contributed by atoms with E-state index in [9.17, 15) is 18.4 Å². The second-order valence-electron chi connectivity index (χ2n) is 8.13. The van der Waals surface area contributed by atoms with Crippen LogP contribution in [0.3, 0.4) is 0 Å². The molecule has 2 aliphatic rings. The number of anilines is 1. The molecule has 2 aromatic carbocycles. The molecule has 1 amide bonds. The molecule has 0 bridgehead atoms. The number of ketones is 1. The Morgan fingerprint density at radius 2 is 1.88 bits per heavy atom. The Balaban J connectivity index is 1.45. The largest absolute Gasteiger partial charge is 0.481 e. The molecule has 1 aliphatic heterocycles. The summed E-state index contributed by atoms with van der Waals surface area (Å²) in [6.07, 6.45) is 3.57. The topological polar surface area (TPSA) is 59.5 Å². The molecule has 0 N–H and O–H groups in total. The number of Topliss-reactive ketones (excluding diaryl/α,β-unsaturated/α-hetero) is 1. The number of ether oxygens (including phenoxy) is 1. The number of carbonyl (C=O) groups excluding carboxylic acids is 2. The van der Waals surface area contributed by atoms with Crippen molar-refractivity contribution in [1.29, 1.82) is 0 Å². The van der Waals surface area contributed by atoms with Crippen molar-refractivity contribution in [3.8, 4) is 16.9 Å². The van der Waals surface area contributed by atoms with Crippen LogP contribution in [0.2, 0.25) is 0 Å². The van der Waals surface area contributed by atoms with E-state index in [4.69, 9.17) is 4.74 Å². The summed E-state index contributed by atoms with van der Waals surface area (Å²) >= 11 is 0. The van der Waals surface area contributed by atoms with E-state index < -0.39 is 23.0 Å². The number of rotatable bonds is 5. The summed E-state index contributed by atoms with van der Waals surface area (Å²) < 4.78 is 33.6. The van der Waals surface area contributed by atoms with Crippen molar-refractivity contribution in [3.63, 3.8) is 0 Å². The van der Waals surface area contributed by atoms with Gasteiger partial charge in [0.2, 0.25) is 0 Å². The zero-order chi connectivity index (χ0) is 22.4. The smallest absolute Gasteiger partial charge is 0.264 e. The number of carbonyl (C=O) groups is 2. The number of amides is 1. The standard InChI is InChI=1S/C25H20F2N2O3/c1-29-20-10-9-17(23(14-5-6-14)25(20)32-13-22(29)31)15-7-8-16(28-12-15)11-21(30)24-18(26)3-2-4-19(24)27/h2-4,7-10,12,14H,5-6,11,13H2,1H3. The van der Waals surface area contributed by atoms with Gasteiger partial charge in [-0.25, -0.2) is 8.78 Å². The second-order valence-corrected chi connectivity index (χ2v) is 8.13. The third kappa shape index (κ3) is 3.53. The quantitative estimate of drug-likeness (QED) is 0.547. The lowest BCUT2D eigenvalue weighted by Crippen LogP contribution is -2.35. The fourth-order valence-corrected chi connectivity index (χ4v) is 4.10. The lowest BCUT2D eigenvalue weighted by molar-refractivity contribution is -0.121. The summed E-state index contributed by atoms with van der Waals surface area (Å²) in [5.74, 6) is -1.40. The van der Waals surface area contributed by atoms with Crippen LogP contribution in [0.5, 0.6) is 5.75 Å². The first-order chi connectivity index (χ1) is 15.4. The van der Waals surface area contributed by atoms with E-state index in [2.05, 4.69) is 4.98 Å². The minimum Gasteiger partial charge on any atom is -0.481 e. The fraction of sp³-hybridized carbons (Fsp3) is 0.240. The first kappa shape index (κ1) is 20.3. The number of nitrogens with zero attached hydrogens (tertiary/aromatic N) is 2. The van der Waals surface area contributed by atoms with E-state index in [1.165, 1.54) is 6.07 Å². The Morgan fingerprint density at radius 1 is 1.12 bits per heavy atom. The second kappa shape index (κ2) is 7.82. The van der Waals surface area contributed by atoms with E-state index in [0.29, 0.717) is 11.6 Å². The summed E-state index contributed by atoms with van der Waals surface area (Å²) in [5.41, 5.74) is 3.54. The predicted molar refractivity (Wildman–Crippen MR) is 115 cm³/mol. The molecular weight excluding hydrogens is 414 g/mol. The van der Waals surface area contributed by atoms with Crippen LogP contribution >= 0.6 is 0 Å². The third-order valence-electron chi connectivity index (χ3n) is 5.96. The molecule has 0 atom stereocenters. The van der Waals surface area contributed by atoms with Crippen LogP contribution < -0.4 is 9.64 Å². The summed E-state index contributed by atoms with van der Waals surface area (Å²) in [4.78, 5) is 30.4. The first-order valence-corrected chi connectivity index (χ1v) is 10.4. The van der Waals surface area contributed by atoms with Crippen molar-refractivity contribution in [2.45, 2.75) is 25.2 Å². The Hall–Kier alpha value is -3.61. The highest BCUT2D eigenvalue weighted by atomic mass is 19.1. The number of benzene rings is 2. The summed E-state index contributed by atoms with van der Waals surface area (Å²) in [7, 11) is 1.74. The van der Waals surface area contributed by atoms with E-state index >= 15 is 0 Å². The number of likely N-dealkylation sites (N-methyl/N-ethyl adjacent to an activating group) is 1. The number of hydrogen-bond donors (Lipinski definition) is 0. The van der Waals surface area contributed by atoms with Crippen molar-refractivity contribution >= 4 is 17.4 Å². The van der Waals surface area contributed by atoms with Crippen molar-refractivity contribution in [3.05, 3.63) is 77.1 Å². The van der Waals surface area contributed by atoms with Crippen LogP contribution in [0.15, 0.2) is 48.7 Å². The third-order valence-corrected chi connectivity index (χ3v) is 5.96. The molecular formula is C25H20F2N2O3. The van der Waals surface area contributed by atoms with Crippen LogP contribution in [-0.2, 0) is 11.2 Å². The van der Waals surface area contributed by atoms with E-state index in [0.717, 1.165) is 53.1 Å². The van der Waals surface area contributed by atoms with Gasteiger partial charge in [0.15, 0.2) is 12.4 Å². The van der Waals surface area contributed by atoms with Gasteiger partial charge in [-0.1, -0.05) is 18.2 Å². The van der Waals surface area contributed by atoms with Gasteiger partial charge in [-0.15, -0.1) is 0 Å². The molecule has 1 aliphatic carbocycles. The molecule has 5 nitrogen and oxygen atoms in total. The minimum absolute atomic E-state index is 0.0125. The highest BCUT2D eigenvalue weighted by molar-refractivity contribution is 5.99. The number of halogens is 2. The van der Waals surface area contributed by atoms with Gasteiger partial charge in [0.1, 0.15) is 17.4 Å². The number of pyridine rings is 1. The van der Waals surface area contributed by atoms with Gasteiger partial charge in [0, 0.05) is 30.1 Å². The monoisotopic (exact) mass is 434 g/mol. The predicted octanol–water partition coefficient (Wildman–Crippen LogP) is 4.68. The zero-order valence-corrected chi connectivity index (χ0v) is 17.4. The molecule has 32 heavy (non-hydrogen) atoms. The van der Waals surface area contributed by atoms with Crippen molar-refractivity contribution in [2.75, 3.05) is 18.6 Å². The van der Waals surface area contributed by atoms with Crippen LogP contribution in [0.4, 0.5) is 14.5 Å². The van der Waals surface area contributed by atoms with Crippen LogP contribution in [0.25, 0.3) is 11.1 Å². The van der Waals surface area contributed by atoms with E-state index in [-0.39, 0.29) is 18.9 Å². The molecule has 3 aromatic rings. The van der Waals surface area contributed by atoms with Crippen molar-refractivity contribution in [1.82, 2.24) is 4.98 Å². The maximum atomic E-state index is 13.9. The minimum atomic E-state index is -0.877. The zero-order valence-electron chi connectivity index (χ0n) is 17.4. The Kier molecular flexibility index (Phi) is 4.96. The molecule has 0 saturated heterocycles. The van der Waals surface area contributed by atoms with Crippen LogP contribution in [-0.4, -0.2) is 30.3 Å². The van der Waals surface area contributed by atoms with Crippen LogP contribution in [0.1, 0.15) is 40.4 Å². The molecule has 162 valence electrons. The van der Waals surface area contributed by atoms with Crippen molar-refractivity contribution in [2.24, 2.45) is 0 Å². The average Bonchev–Trinajstić information content (AvgIpc) is 3.61. The molecule has 1 fully saturated rings. The fourth-order valence-electron chi connectivity index (χ4n) is 4.10. The summed E-state index contributed by atoms with van der Waals surface area (Å²) in [6.45, 7) is 0.0125. The lowest BCUT2D eigenvalue weighted by Gasteiger charge is -2.29. The maximum absolute atomic E-state index is 13.9. The lowest BCUT2D eigenvalue weighted by atomic mass is 9.94. The molecule has 0 unspecified atom stereocenters. The number of aromatic nitrogens is 1. The number of hydrogen-bond acceptors (Lipinski definition) is 4. The van der Waals surface area contributed by atoms with Gasteiger partial charge in [-0.2, -0.15) is 0 Å². The Labute approximate surface area is 183 Å². The first-order valence-electron chi connectivity index (χ1n) is 10.4. The summed E-state index contributed by atoms with van der Waals surface area (Å²) in [5, 5.41) is 0. The average molecular weight is 434 g/mol. The Morgan fingerprint density at radius 3 is 2.53 bits per heavy atom. The van der Waals surface area contributed by atoms with Crippen molar-refractivity contribution < 1.29 is 23.1 Å². The normalized spacial score (nSPS) is 15.3. The molecule has 7 heteroatoms. The molecule has 5 rings (SSSR count). The van der Waals surface area contributed by atoms with E-state index in [1.807, 2.05) is 18.2 Å². The number of fused-ring (bicyclic) bond motifs is 1. The van der Waals surface area contributed by atoms with Gasteiger partial charge in [0.25, 0.3) is 5.91 Å².